The van der Waals surface area contributed by atoms with Crippen LogP contribution < -0.4 is 4.90 Å². The average molecular weight is 163 g/mol. The van der Waals surface area contributed by atoms with E-state index in [0.29, 0.717) is 0 Å². The normalized spacial score (nSPS) is 9.83. The number of pyridine rings is 1. The van der Waals surface area contributed by atoms with Crippen molar-refractivity contribution in [1.82, 2.24) is 4.98 Å². The molecule has 0 aromatic carbocycles. The molecule has 0 bridgehead atoms. The van der Waals surface area contributed by atoms with Crippen LogP contribution in [0.1, 0.15) is 20.3 Å². The van der Waals surface area contributed by atoms with Crippen molar-refractivity contribution in [3.05, 3.63) is 24.4 Å². The van der Waals surface area contributed by atoms with Gasteiger partial charge in [0.1, 0.15) is 5.82 Å². The first-order valence-corrected chi connectivity index (χ1v) is 4.45. The summed E-state index contributed by atoms with van der Waals surface area (Å²) in [5, 5.41) is 0. The highest BCUT2D eigenvalue weighted by Crippen LogP contribution is 2.08. The second kappa shape index (κ2) is 4.75. The molecule has 0 saturated carbocycles. The highest BCUT2D eigenvalue weighted by molar-refractivity contribution is 5.36. The van der Waals surface area contributed by atoms with Crippen LogP contribution in [0.15, 0.2) is 18.3 Å². The van der Waals surface area contributed by atoms with Crippen molar-refractivity contribution in [3.63, 3.8) is 0 Å². The number of hydrogen-bond donors (Lipinski definition) is 0. The van der Waals surface area contributed by atoms with E-state index in [0.717, 1.165) is 25.3 Å². The Hall–Kier alpha value is -1.05. The Morgan fingerprint density at radius 3 is 2.83 bits per heavy atom. The molecule has 1 aromatic rings. The Morgan fingerprint density at radius 1 is 1.50 bits per heavy atom. The highest BCUT2D eigenvalue weighted by Gasteiger charge is 2.01. The molecule has 0 aliphatic carbocycles. The number of anilines is 1. The van der Waals surface area contributed by atoms with Crippen LogP contribution in [0.4, 0.5) is 5.82 Å². The zero-order valence-corrected chi connectivity index (χ0v) is 7.75. The van der Waals surface area contributed by atoms with Crippen molar-refractivity contribution in [2.75, 3.05) is 18.0 Å². The molecule has 0 unspecified atom stereocenters. The van der Waals surface area contributed by atoms with Gasteiger partial charge < -0.3 is 4.90 Å². The Kier molecular flexibility index (Phi) is 3.58. The van der Waals surface area contributed by atoms with E-state index in [9.17, 15) is 0 Å². The van der Waals surface area contributed by atoms with Gasteiger partial charge in [0, 0.05) is 25.4 Å². The molecule has 0 atom stereocenters. The Morgan fingerprint density at radius 2 is 2.33 bits per heavy atom. The minimum Gasteiger partial charge on any atom is -0.357 e. The number of nitrogens with zero attached hydrogens (tertiary/aromatic N) is 2. The van der Waals surface area contributed by atoms with Crippen LogP contribution >= 0.6 is 0 Å². The Bertz CT molecular complexity index is 208. The molecule has 0 N–H and O–H groups in total. The van der Waals surface area contributed by atoms with Crippen LogP contribution in [0.5, 0.6) is 0 Å². The van der Waals surface area contributed by atoms with E-state index in [1.807, 2.05) is 12.1 Å². The molecular weight excluding hydrogens is 148 g/mol. The summed E-state index contributed by atoms with van der Waals surface area (Å²) in [6, 6.07) is 6.82. The van der Waals surface area contributed by atoms with Crippen molar-refractivity contribution in [1.29, 1.82) is 0 Å². The average Bonchev–Trinajstić information content (AvgIpc) is 2.15. The van der Waals surface area contributed by atoms with Crippen LogP contribution in [-0.2, 0) is 0 Å². The lowest BCUT2D eigenvalue weighted by molar-refractivity contribution is 0.778. The fraction of sp³-hybridized carbons (Fsp3) is 0.500. The monoisotopic (exact) mass is 163 g/mol. The predicted molar refractivity (Wildman–Crippen MR) is 51.3 cm³/mol. The SMILES string of the molecule is CCCN(CC)c1cc[c]cn1. The third-order valence-corrected chi connectivity index (χ3v) is 1.80. The van der Waals surface area contributed by atoms with Gasteiger partial charge in [-0.2, -0.15) is 0 Å². The largest absolute Gasteiger partial charge is 0.357 e. The van der Waals surface area contributed by atoms with E-state index in [-0.39, 0.29) is 0 Å². The first kappa shape index (κ1) is 9.04. The summed E-state index contributed by atoms with van der Waals surface area (Å²) in [4.78, 5) is 6.50. The molecule has 0 fully saturated rings. The molecule has 0 saturated heterocycles. The summed E-state index contributed by atoms with van der Waals surface area (Å²) in [6.45, 7) is 6.42. The lowest BCUT2D eigenvalue weighted by atomic mass is 10.3. The molecule has 0 aliphatic heterocycles. The first-order valence-electron chi connectivity index (χ1n) is 4.45. The van der Waals surface area contributed by atoms with Gasteiger partial charge in [-0.3, -0.25) is 0 Å². The van der Waals surface area contributed by atoms with E-state index in [1.165, 1.54) is 0 Å². The summed E-state index contributed by atoms with van der Waals surface area (Å²) >= 11 is 0. The van der Waals surface area contributed by atoms with Crippen molar-refractivity contribution in [2.45, 2.75) is 20.3 Å². The molecule has 0 aliphatic rings. The van der Waals surface area contributed by atoms with Crippen molar-refractivity contribution < 1.29 is 0 Å². The zero-order chi connectivity index (χ0) is 8.81. The van der Waals surface area contributed by atoms with E-state index in [2.05, 4.69) is 29.8 Å². The van der Waals surface area contributed by atoms with Gasteiger partial charge in [-0.05, 0) is 25.5 Å². The van der Waals surface area contributed by atoms with Crippen molar-refractivity contribution in [3.8, 4) is 0 Å². The van der Waals surface area contributed by atoms with Gasteiger partial charge in [-0.25, -0.2) is 4.98 Å². The van der Waals surface area contributed by atoms with Gasteiger partial charge in [0.05, 0.1) is 0 Å². The molecule has 12 heavy (non-hydrogen) atoms. The van der Waals surface area contributed by atoms with Gasteiger partial charge in [-0.1, -0.05) is 6.92 Å². The molecule has 1 heterocycles. The number of aromatic nitrogens is 1. The van der Waals surface area contributed by atoms with E-state index < -0.39 is 0 Å². The maximum atomic E-state index is 4.24. The standard InChI is InChI=1S/C10H15N2/c1-3-9-12(4-2)10-7-5-6-8-11-10/h5,7-8H,3-4,9H2,1-2H3. The smallest absolute Gasteiger partial charge is 0.128 e. The maximum absolute atomic E-state index is 4.24. The molecule has 65 valence electrons. The summed E-state index contributed by atoms with van der Waals surface area (Å²) < 4.78 is 0. The Labute approximate surface area is 74.2 Å². The van der Waals surface area contributed by atoms with E-state index >= 15 is 0 Å². The summed E-state index contributed by atoms with van der Waals surface area (Å²) in [5.74, 6) is 1.05. The quantitative estimate of drug-likeness (QED) is 0.676. The van der Waals surface area contributed by atoms with Crippen molar-refractivity contribution in [2.24, 2.45) is 0 Å². The fourth-order valence-corrected chi connectivity index (χ4v) is 1.20. The van der Waals surface area contributed by atoms with Gasteiger partial charge in [-0.15, -0.1) is 0 Å². The van der Waals surface area contributed by atoms with E-state index in [1.54, 1.807) is 6.20 Å². The number of rotatable bonds is 4. The summed E-state index contributed by atoms with van der Waals surface area (Å²) in [5.41, 5.74) is 0. The third kappa shape index (κ3) is 2.22. The molecule has 0 amide bonds. The van der Waals surface area contributed by atoms with Crippen LogP contribution in [-0.4, -0.2) is 18.1 Å². The molecule has 1 aromatic heterocycles. The topological polar surface area (TPSA) is 16.1 Å². The first-order chi connectivity index (χ1) is 5.88. The molecule has 2 heteroatoms. The lowest BCUT2D eigenvalue weighted by Gasteiger charge is -2.20. The van der Waals surface area contributed by atoms with Crippen LogP contribution in [0.2, 0.25) is 0 Å². The van der Waals surface area contributed by atoms with Gasteiger partial charge in [0.15, 0.2) is 0 Å². The summed E-state index contributed by atoms with van der Waals surface area (Å²) in [6.07, 6.45) is 2.88. The molecular formula is C10H15N2. The number of hydrogen-bond acceptors (Lipinski definition) is 2. The van der Waals surface area contributed by atoms with Crippen LogP contribution in [0, 0.1) is 6.07 Å². The molecule has 0 spiro atoms. The van der Waals surface area contributed by atoms with Gasteiger partial charge in [0.25, 0.3) is 0 Å². The Balaban J connectivity index is 2.66. The van der Waals surface area contributed by atoms with Gasteiger partial charge >= 0.3 is 0 Å². The minimum absolute atomic E-state index is 1.02. The highest BCUT2D eigenvalue weighted by atomic mass is 15.2. The minimum atomic E-state index is 1.02. The van der Waals surface area contributed by atoms with E-state index in [4.69, 9.17) is 0 Å². The molecule has 1 radical (unpaired) electrons. The van der Waals surface area contributed by atoms with Gasteiger partial charge in [0.2, 0.25) is 0 Å². The second-order valence-corrected chi connectivity index (χ2v) is 2.70. The molecule has 2 nitrogen and oxygen atoms in total. The maximum Gasteiger partial charge on any atom is 0.128 e. The lowest BCUT2D eigenvalue weighted by Crippen LogP contribution is -2.24. The third-order valence-electron chi connectivity index (χ3n) is 1.80. The summed E-state index contributed by atoms with van der Waals surface area (Å²) in [7, 11) is 0. The van der Waals surface area contributed by atoms with Crippen LogP contribution in [0.3, 0.4) is 0 Å². The zero-order valence-electron chi connectivity index (χ0n) is 7.75. The fourth-order valence-electron chi connectivity index (χ4n) is 1.20. The second-order valence-electron chi connectivity index (χ2n) is 2.70. The predicted octanol–water partition coefficient (Wildman–Crippen LogP) is 2.12. The van der Waals surface area contributed by atoms with Crippen LogP contribution in [0.25, 0.3) is 0 Å². The molecule has 1 rings (SSSR count). The van der Waals surface area contributed by atoms with Crippen molar-refractivity contribution >= 4 is 5.82 Å².